The third-order valence-electron chi connectivity index (χ3n) is 4.57. The lowest BCUT2D eigenvalue weighted by Crippen LogP contribution is -2.31. The van der Waals surface area contributed by atoms with E-state index in [1.165, 1.54) is 11.8 Å². The molecular weight excluding hydrogens is 286 g/mol. The molecule has 2 aromatic rings. The van der Waals surface area contributed by atoms with Crippen LogP contribution >= 0.6 is 0 Å². The van der Waals surface area contributed by atoms with E-state index in [9.17, 15) is 8.42 Å². The Labute approximate surface area is 124 Å². The van der Waals surface area contributed by atoms with Crippen LogP contribution in [0.3, 0.4) is 0 Å². The maximum Gasteiger partial charge on any atom is 0.267 e. The largest absolute Gasteiger partial charge is 0.272 e. The van der Waals surface area contributed by atoms with Gasteiger partial charge in [0.05, 0.1) is 11.9 Å². The second-order valence-electron chi connectivity index (χ2n) is 5.84. The lowest BCUT2D eigenvalue weighted by molar-refractivity contribution is 0.588. The molecule has 1 aliphatic carbocycles. The second-order valence-corrected chi connectivity index (χ2v) is 7.70. The molecule has 1 aromatic carbocycles. The molecule has 1 saturated carbocycles. The van der Waals surface area contributed by atoms with Crippen LogP contribution in [0.5, 0.6) is 0 Å². The zero-order valence-electron chi connectivity index (χ0n) is 11.9. The molecule has 0 unspecified atom stereocenters. The molecule has 0 saturated heterocycles. The Balaban J connectivity index is 1.80. The minimum atomic E-state index is -3.52. The quantitative estimate of drug-likeness (QED) is 0.873. The average molecular weight is 303 g/mol. The number of sulfonamides is 1. The summed E-state index contributed by atoms with van der Waals surface area (Å²) in [5, 5.41) is 4.09. The second kappa shape index (κ2) is 4.10. The van der Waals surface area contributed by atoms with Crippen molar-refractivity contribution in [1.29, 1.82) is 0 Å². The maximum atomic E-state index is 12.9. The summed E-state index contributed by atoms with van der Waals surface area (Å²) in [7, 11) is -3.52. The van der Waals surface area contributed by atoms with Crippen molar-refractivity contribution in [2.24, 2.45) is 0 Å². The van der Waals surface area contributed by atoms with E-state index < -0.39 is 10.0 Å². The lowest BCUT2D eigenvalue weighted by atomic mass is 9.99. The molecule has 1 spiro atoms. The molecule has 6 heteroatoms. The van der Waals surface area contributed by atoms with Gasteiger partial charge in [-0.3, -0.25) is 8.99 Å². The molecule has 0 amide bonds. The molecular formula is C15H17N3O2S. The van der Waals surface area contributed by atoms with Gasteiger partial charge in [0.25, 0.3) is 10.0 Å². The molecule has 0 N–H and O–H groups in total. The van der Waals surface area contributed by atoms with E-state index in [2.05, 4.69) is 11.2 Å². The van der Waals surface area contributed by atoms with Crippen molar-refractivity contribution in [3.8, 4) is 0 Å². The van der Waals surface area contributed by atoms with Gasteiger partial charge in [-0.1, -0.05) is 18.2 Å². The summed E-state index contributed by atoms with van der Waals surface area (Å²) in [5.74, 6) is 0. The van der Waals surface area contributed by atoms with E-state index in [-0.39, 0.29) is 10.3 Å². The minimum absolute atomic E-state index is 0.0599. The summed E-state index contributed by atoms with van der Waals surface area (Å²) in [6.07, 6.45) is 5.20. The third kappa shape index (κ3) is 1.75. The number of hydrogen-bond donors (Lipinski definition) is 0. The van der Waals surface area contributed by atoms with Crippen molar-refractivity contribution < 1.29 is 8.42 Å². The zero-order valence-corrected chi connectivity index (χ0v) is 12.7. The maximum absolute atomic E-state index is 12.9. The van der Waals surface area contributed by atoms with Gasteiger partial charge in [-0.05, 0) is 31.4 Å². The molecule has 1 aromatic heterocycles. The highest BCUT2D eigenvalue weighted by atomic mass is 32.2. The lowest BCUT2D eigenvalue weighted by Gasteiger charge is -2.18. The highest BCUT2D eigenvalue weighted by molar-refractivity contribution is 7.92. The Kier molecular flexibility index (Phi) is 2.52. The van der Waals surface area contributed by atoms with Crippen LogP contribution in [0.2, 0.25) is 0 Å². The molecule has 2 aliphatic rings. The summed E-state index contributed by atoms with van der Waals surface area (Å²) >= 11 is 0. The van der Waals surface area contributed by atoms with Crippen molar-refractivity contribution in [1.82, 2.24) is 9.78 Å². The highest BCUT2D eigenvalue weighted by Crippen LogP contribution is 2.57. The van der Waals surface area contributed by atoms with E-state index >= 15 is 0 Å². The number of nitrogens with zero attached hydrogens (tertiary/aromatic N) is 3. The van der Waals surface area contributed by atoms with Crippen LogP contribution < -0.4 is 4.31 Å². The number of rotatable bonds is 3. The van der Waals surface area contributed by atoms with Gasteiger partial charge in [0, 0.05) is 24.7 Å². The van der Waals surface area contributed by atoms with Crippen molar-refractivity contribution in [3.05, 3.63) is 42.2 Å². The summed E-state index contributed by atoms with van der Waals surface area (Å²) in [6.45, 7) is 3.16. The van der Waals surface area contributed by atoms with Gasteiger partial charge >= 0.3 is 0 Å². The standard InChI is InChI=1S/C15H17N3O2S/c1-2-17-10-12(9-16-17)21(19,20)18-11-15(7-8-15)13-5-3-4-6-14(13)18/h3-6,9-10H,2,7-8,11H2,1H3. The predicted molar refractivity (Wildman–Crippen MR) is 79.8 cm³/mol. The van der Waals surface area contributed by atoms with Gasteiger partial charge in [0.15, 0.2) is 0 Å². The van der Waals surface area contributed by atoms with E-state index in [0.717, 1.165) is 18.5 Å². The fourth-order valence-corrected chi connectivity index (χ4v) is 4.68. The summed E-state index contributed by atoms with van der Waals surface area (Å²) in [4.78, 5) is 0.275. The fraction of sp³-hybridized carbons (Fsp3) is 0.400. The Morgan fingerprint density at radius 3 is 2.71 bits per heavy atom. The first-order valence-corrected chi connectivity index (χ1v) is 8.66. The molecule has 0 atom stereocenters. The van der Waals surface area contributed by atoms with Crippen LogP contribution in [0.1, 0.15) is 25.3 Å². The number of aryl methyl sites for hydroxylation is 1. The Morgan fingerprint density at radius 2 is 2.05 bits per heavy atom. The summed E-state index contributed by atoms with van der Waals surface area (Å²) in [6, 6.07) is 7.86. The first-order valence-electron chi connectivity index (χ1n) is 7.21. The molecule has 5 nitrogen and oxygen atoms in total. The fourth-order valence-electron chi connectivity index (χ4n) is 3.16. The van der Waals surface area contributed by atoms with Gasteiger partial charge in [-0.2, -0.15) is 5.10 Å². The van der Waals surface area contributed by atoms with E-state index in [0.29, 0.717) is 13.1 Å². The first-order chi connectivity index (χ1) is 10.1. The molecule has 21 heavy (non-hydrogen) atoms. The third-order valence-corrected chi connectivity index (χ3v) is 6.28. The molecule has 0 bridgehead atoms. The smallest absolute Gasteiger partial charge is 0.267 e. The zero-order chi connectivity index (χ0) is 14.7. The number of para-hydroxylation sites is 1. The predicted octanol–water partition coefficient (Wildman–Crippen LogP) is 2.14. The number of aromatic nitrogens is 2. The number of hydrogen-bond acceptors (Lipinski definition) is 3. The molecule has 1 fully saturated rings. The highest BCUT2D eigenvalue weighted by Gasteiger charge is 2.54. The monoisotopic (exact) mass is 303 g/mol. The Bertz CT molecular complexity index is 806. The van der Waals surface area contributed by atoms with Crippen molar-refractivity contribution in [2.45, 2.75) is 36.6 Å². The van der Waals surface area contributed by atoms with Gasteiger partial charge in [0.2, 0.25) is 0 Å². The normalized spacial score (nSPS) is 19.0. The number of benzene rings is 1. The molecule has 1 aliphatic heterocycles. The van der Waals surface area contributed by atoms with Crippen LogP contribution in [0, 0.1) is 0 Å². The molecule has 0 radical (unpaired) electrons. The number of fused-ring (bicyclic) bond motifs is 2. The molecule has 2 heterocycles. The Hall–Kier alpha value is -1.82. The van der Waals surface area contributed by atoms with Gasteiger partial charge < -0.3 is 0 Å². The summed E-state index contributed by atoms with van der Waals surface area (Å²) in [5.41, 5.74) is 2.07. The van der Waals surface area contributed by atoms with Crippen LogP contribution in [0.15, 0.2) is 41.6 Å². The van der Waals surface area contributed by atoms with Gasteiger partial charge in [0.1, 0.15) is 4.90 Å². The van der Waals surface area contributed by atoms with Crippen molar-refractivity contribution >= 4 is 15.7 Å². The minimum Gasteiger partial charge on any atom is -0.272 e. The van der Waals surface area contributed by atoms with Crippen LogP contribution in [0.4, 0.5) is 5.69 Å². The van der Waals surface area contributed by atoms with Gasteiger partial charge in [-0.25, -0.2) is 8.42 Å². The van der Waals surface area contributed by atoms with E-state index in [1.54, 1.807) is 15.2 Å². The van der Waals surface area contributed by atoms with Crippen molar-refractivity contribution in [3.63, 3.8) is 0 Å². The number of anilines is 1. The van der Waals surface area contributed by atoms with Crippen molar-refractivity contribution in [2.75, 3.05) is 10.8 Å². The van der Waals surface area contributed by atoms with Crippen LogP contribution in [0.25, 0.3) is 0 Å². The average Bonchev–Trinajstić information content (AvgIpc) is 2.97. The molecule has 4 rings (SSSR count). The topological polar surface area (TPSA) is 55.2 Å². The van der Waals surface area contributed by atoms with E-state index in [1.807, 2.05) is 25.1 Å². The first kappa shape index (κ1) is 12.9. The van der Waals surface area contributed by atoms with Crippen LogP contribution in [-0.4, -0.2) is 24.7 Å². The Morgan fingerprint density at radius 1 is 1.29 bits per heavy atom. The molecule has 110 valence electrons. The SMILES string of the molecule is CCn1cc(S(=O)(=O)N2CC3(CC3)c3ccccc32)cn1. The van der Waals surface area contributed by atoms with Gasteiger partial charge in [-0.15, -0.1) is 0 Å². The van der Waals surface area contributed by atoms with Crippen LogP contribution in [-0.2, 0) is 22.0 Å². The van der Waals surface area contributed by atoms with E-state index in [4.69, 9.17) is 0 Å². The summed E-state index contributed by atoms with van der Waals surface area (Å²) < 4.78 is 29.0.